The van der Waals surface area contributed by atoms with E-state index in [-0.39, 0.29) is 12.3 Å². The van der Waals surface area contributed by atoms with E-state index in [9.17, 15) is 15.2 Å². The molecule has 0 aliphatic rings. The van der Waals surface area contributed by atoms with Crippen LogP contribution in [0.2, 0.25) is 5.02 Å². The van der Waals surface area contributed by atoms with Crippen molar-refractivity contribution in [2.45, 2.75) is 12.6 Å². The second-order valence-electron chi connectivity index (χ2n) is 5.65. The van der Waals surface area contributed by atoms with Gasteiger partial charge in [0.25, 0.3) is 5.69 Å². The van der Waals surface area contributed by atoms with E-state index in [1.54, 1.807) is 7.05 Å². The Balaban J connectivity index is 1.86. The van der Waals surface area contributed by atoms with Gasteiger partial charge < -0.3 is 9.84 Å². The van der Waals surface area contributed by atoms with E-state index in [0.717, 1.165) is 4.47 Å². The Kier molecular flexibility index (Phi) is 7.19. The molecule has 1 unspecified atom stereocenters. The topological polar surface area (TPSA) is 75.8 Å². The molecule has 1 atom stereocenters. The molecule has 0 radical (unpaired) electrons. The van der Waals surface area contributed by atoms with Crippen molar-refractivity contribution in [1.82, 2.24) is 4.90 Å². The lowest BCUT2D eigenvalue weighted by Gasteiger charge is -2.21. The van der Waals surface area contributed by atoms with E-state index >= 15 is 0 Å². The summed E-state index contributed by atoms with van der Waals surface area (Å²) in [5.74, 6) is 0.673. The minimum atomic E-state index is -0.703. The normalized spacial score (nSPS) is 12.2. The lowest BCUT2D eigenvalue weighted by Crippen LogP contribution is -2.32. The fourth-order valence-electron chi connectivity index (χ4n) is 2.29. The Morgan fingerprint density at radius 3 is 2.64 bits per heavy atom. The van der Waals surface area contributed by atoms with E-state index in [1.807, 2.05) is 29.2 Å². The van der Waals surface area contributed by atoms with Gasteiger partial charge in [0, 0.05) is 34.7 Å². The second kappa shape index (κ2) is 9.15. The standard InChI is InChI=1S/C17H18BrClN2O4/c1-20(9-12-8-14(21(23)24)4-7-17(12)19)10-15(22)11-25-16-5-2-13(18)3-6-16/h2-8,15,22H,9-11H2,1H3. The number of non-ortho nitro benzene ring substituents is 1. The maximum atomic E-state index is 10.9. The van der Waals surface area contributed by atoms with Gasteiger partial charge in [0.05, 0.1) is 4.92 Å². The molecular weight excluding hydrogens is 412 g/mol. The number of aliphatic hydroxyl groups excluding tert-OH is 1. The van der Waals surface area contributed by atoms with Crippen LogP contribution in [-0.2, 0) is 6.54 Å². The summed E-state index contributed by atoms with van der Waals surface area (Å²) in [5.41, 5.74) is 0.631. The van der Waals surface area contributed by atoms with Gasteiger partial charge in [-0.25, -0.2) is 0 Å². The first-order chi connectivity index (χ1) is 11.8. The third-order valence-corrected chi connectivity index (χ3v) is 4.36. The van der Waals surface area contributed by atoms with Crippen molar-refractivity contribution >= 4 is 33.2 Å². The maximum Gasteiger partial charge on any atom is 0.269 e. The van der Waals surface area contributed by atoms with Gasteiger partial charge in [-0.05, 0) is 42.9 Å². The van der Waals surface area contributed by atoms with Crippen LogP contribution in [0.1, 0.15) is 5.56 Å². The van der Waals surface area contributed by atoms with Crippen LogP contribution < -0.4 is 4.74 Å². The molecule has 0 spiro atoms. The lowest BCUT2D eigenvalue weighted by molar-refractivity contribution is -0.384. The first kappa shape index (κ1) is 19.7. The second-order valence-corrected chi connectivity index (χ2v) is 6.97. The fraction of sp³-hybridized carbons (Fsp3) is 0.294. The summed E-state index contributed by atoms with van der Waals surface area (Å²) < 4.78 is 6.49. The molecule has 1 N–H and O–H groups in total. The Bertz CT molecular complexity index is 727. The van der Waals surface area contributed by atoms with Gasteiger partial charge >= 0.3 is 0 Å². The number of likely N-dealkylation sites (N-methyl/N-ethyl adjacent to an activating group) is 1. The Hall–Kier alpha value is -1.67. The number of benzene rings is 2. The van der Waals surface area contributed by atoms with Crippen molar-refractivity contribution in [3.05, 3.63) is 67.6 Å². The van der Waals surface area contributed by atoms with Gasteiger partial charge in [-0.2, -0.15) is 0 Å². The van der Waals surface area contributed by atoms with Crippen LogP contribution in [0.15, 0.2) is 46.9 Å². The summed E-state index contributed by atoms with van der Waals surface area (Å²) in [4.78, 5) is 12.2. The highest BCUT2D eigenvalue weighted by Gasteiger charge is 2.14. The van der Waals surface area contributed by atoms with Gasteiger partial charge in [-0.1, -0.05) is 27.5 Å². The lowest BCUT2D eigenvalue weighted by atomic mass is 10.2. The Labute approximate surface area is 159 Å². The number of aliphatic hydroxyl groups is 1. The highest BCUT2D eigenvalue weighted by atomic mass is 79.9. The minimum absolute atomic E-state index is 0.00748. The van der Waals surface area contributed by atoms with Crippen LogP contribution >= 0.6 is 27.5 Å². The molecule has 0 aliphatic heterocycles. The average Bonchev–Trinajstić information content (AvgIpc) is 2.56. The molecule has 2 aromatic carbocycles. The smallest absolute Gasteiger partial charge is 0.269 e. The molecule has 25 heavy (non-hydrogen) atoms. The predicted molar refractivity (Wildman–Crippen MR) is 100 cm³/mol. The number of nitro benzene ring substituents is 1. The van der Waals surface area contributed by atoms with Crippen molar-refractivity contribution in [3.8, 4) is 5.75 Å². The monoisotopic (exact) mass is 428 g/mol. The van der Waals surface area contributed by atoms with Crippen LogP contribution in [0.25, 0.3) is 0 Å². The molecule has 0 bridgehead atoms. The third-order valence-electron chi connectivity index (χ3n) is 3.46. The minimum Gasteiger partial charge on any atom is -0.491 e. The van der Waals surface area contributed by atoms with E-state index in [1.165, 1.54) is 18.2 Å². The van der Waals surface area contributed by atoms with Gasteiger partial charge in [0.15, 0.2) is 0 Å². The Morgan fingerprint density at radius 1 is 1.32 bits per heavy atom. The number of rotatable bonds is 8. The number of hydrogen-bond donors (Lipinski definition) is 1. The van der Waals surface area contributed by atoms with Crippen LogP contribution in [-0.4, -0.2) is 41.2 Å². The molecule has 0 heterocycles. The van der Waals surface area contributed by atoms with E-state index in [2.05, 4.69) is 15.9 Å². The summed E-state index contributed by atoms with van der Waals surface area (Å²) in [6.07, 6.45) is -0.703. The maximum absolute atomic E-state index is 10.9. The summed E-state index contributed by atoms with van der Waals surface area (Å²) in [6, 6.07) is 11.7. The molecule has 8 heteroatoms. The van der Waals surface area contributed by atoms with Crippen molar-refractivity contribution in [2.24, 2.45) is 0 Å². The average molecular weight is 430 g/mol. The van der Waals surface area contributed by atoms with E-state index in [0.29, 0.717) is 29.4 Å². The van der Waals surface area contributed by atoms with E-state index < -0.39 is 11.0 Å². The fourth-order valence-corrected chi connectivity index (χ4v) is 2.73. The highest BCUT2D eigenvalue weighted by Crippen LogP contribution is 2.23. The summed E-state index contributed by atoms with van der Waals surface area (Å²) in [5, 5.41) is 21.4. The van der Waals surface area contributed by atoms with Gasteiger partial charge in [-0.3, -0.25) is 15.0 Å². The molecule has 6 nitrogen and oxygen atoms in total. The number of nitro groups is 1. The molecular formula is C17H18BrClN2O4. The van der Waals surface area contributed by atoms with Crippen molar-refractivity contribution in [3.63, 3.8) is 0 Å². The van der Waals surface area contributed by atoms with Gasteiger partial charge in [-0.15, -0.1) is 0 Å². The molecule has 134 valence electrons. The van der Waals surface area contributed by atoms with Crippen molar-refractivity contribution < 1.29 is 14.8 Å². The number of nitrogens with zero attached hydrogens (tertiary/aromatic N) is 2. The SMILES string of the molecule is CN(Cc1cc([N+](=O)[O-])ccc1Cl)CC(O)COc1ccc(Br)cc1. The quantitative estimate of drug-likeness (QED) is 0.509. The highest BCUT2D eigenvalue weighted by molar-refractivity contribution is 9.10. The van der Waals surface area contributed by atoms with Crippen LogP contribution in [0.5, 0.6) is 5.75 Å². The van der Waals surface area contributed by atoms with Gasteiger partial charge in [0.1, 0.15) is 18.5 Å². The molecule has 2 rings (SSSR count). The van der Waals surface area contributed by atoms with E-state index in [4.69, 9.17) is 16.3 Å². The summed E-state index contributed by atoms with van der Waals surface area (Å²) in [6.45, 7) is 0.875. The van der Waals surface area contributed by atoms with Crippen molar-refractivity contribution in [2.75, 3.05) is 20.2 Å². The molecule has 0 saturated heterocycles. The molecule has 0 saturated carbocycles. The number of halogens is 2. The molecule has 0 aliphatic carbocycles. The first-order valence-electron chi connectivity index (χ1n) is 7.53. The van der Waals surface area contributed by atoms with Gasteiger partial charge in [0.2, 0.25) is 0 Å². The zero-order valence-electron chi connectivity index (χ0n) is 13.6. The number of hydrogen-bond acceptors (Lipinski definition) is 5. The largest absolute Gasteiger partial charge is 0.491 e. The molecule has 2 aromatic rings. The van der Waals surface area contributed by atoms with Crippen LogP contribution in [0, 0.1) is 10.1 Å². The molecule has 0 amide bonds. The number of ether oxygens (including phenoxy) is 1. The molecule has 0 aromatic heterocycles. The summed E-state index contributed by atoms with van der Waals surface area (Å²) in [7, 11) is 1.80. The predicted octanol–water partition coefficient (Wildman–Crippen LogP) is 3.88. The van der Waals surface area contributed by atoms with Crippen LogP contribution in [0.3, 0.4) is 0 Å². The first-order valence-corrected chi connectivity index (χ1v) is 8.70. The third kappa shape index (κ3) is 6.28. The zero-order valence-corrected chi connectivity index (χ0v) is 15.9. The Morgan fingerprint density at radius 2 is 2.00 bits per heavy atom. The summed E-state index contributed by atoms with van der Waals surface area (Å²) >= 11 is 9.44. The van der Waals surface area contributed by atoms with Crippen molar-refractivity contribution in [1.29, 1.82) is 0 Å². The zero-order chi connectivity index (χ0) is 18.4. The van der Waals surface area contributed by atoms with Crippen LogP contribution in [0.4, 0.5) is 5.69 Å². The molecule has 0 fully saturated rings.